The van der Waals surface area contributed by atoms with E-state index in [1.54, 1.807) is 100 Å². The molecular weight excluding hydrogens is 1770 g/mol. The number of imidazole rings is 4. The van der Waals surface area contributed by atoms with Crippen LogP contribution in [0.3, 0.4) is 0 Å². The maximum Gasteiger partial charge on any atom is 0.330 e. The van der Waals surface area contributed by atoms with E-state index in [0.717, 1.165) is 120 Å². The lowest BCUT2D eigenvalue weighted by atomic mass is 9.97. The summed E-state index contributed by atoms with van der Waals surface area (Å²) in [4.78, 5) is 102. The second-order valence-corrected chi connectivity index (χ2v) is 37.2. The molecule has 141 heavy (non-hydrogen) atoms. The Kier molecular flexibility index (Phi) is 27.2. The van der Waals surface area contributed by atoms with E-state index in [1.165, 1.54) is 22.3 Å². The van der Waals surface area contributed by atoms with Gasteiger partial charge in [-0.2, -0.15) is 20.3 Å². The van der Waals surface area contributed by atoms with E-state index >= 15 is 0 Å². The quantitative estimate of drug-likeness (QED) is 0.0608. The van der Waals surface area contributed by atoms with Gasteiger partial charge in [-0.3, -0.25) is 45.9 Å². The van der Waals surface area contributed by atoms with Crippen molar-refractivity contribution in [2.45, 2.75) is 132 Å². The fourth-order valence-electron chi connectivity index (χ4n) is 18.3. The van der Waals surface area contributed by atoms with Gasteiger partial charge in [0.1, 0.15) is 27.9 Å². The van der Waals surface area contributed by atoms with Crippen molar-refractivity contribution in [1.29, 1.82) is 0 Å². The first-order valence-corrected chi connectivity index (χ1v) is 47.6. The van der Waals surface area contributed by atoms with E-state index < -0.39 is 0 Å². The zero-order valence-corrected chi connectivity index (χ0v) is 82.8. The highest BCUT2D eigenvalue weighted by molar-refractivity contribution is 5.79. The van der Waals surface area contributed by atoms with Crippen molar-refractivity contribution in [3.63, 3.8) is 0 Å². The zero-order chi connectivity index (χ0) is 98.9. The number of morpholine rings is 1. The van der Waals surface area contributed by atoms with Gasteiger partial charge in [0.05, 0.1) is 75.6 Å². The molecule has 8 aromatic carbocycles. The van der Waals surface area contributed by atoms with Crippen LogP contribution in [0, 0.1) is 6.92 Å². The van der Waals surface area contributed by atoms with Gasteiger partial charge < -0.3 is 9.64 Å². The van der Waals surface area contributed by atoms with Crippen molar-refractivity contribution in [3.05, 3.63) is 336 Å². The Labute approximate surface area is 815 Å². The molecule has 0 spiro atoms. The van der Waals surface area contributed by atoms with Gasteiger partial charge in [-0.25, -0.2) is 73.4 Å². The Bertz CT molecular complexity index is 8220. The van der Waals surface area contributed by atoms with Crippen LogP contribution >= 0.6 is 0 Å². The smallest absolute Gasteiger partial charge is 0.330 e. The first-order valence-electron chi connectivity index (χ1n) is 47.6. The second kappa shape index (κ2) is 40.4. The summed E-state index contributed by atoms with van der Waals surface area (Å²) in [5.74, 6) is 6.94. The summed E-state index contributed by atoms with van der Waals surface area (Å²) in [6.07, 6.45) is 10.6. The molecule has 21 rings (SSSR count). The van der Waals surface area contributed by atoms with Crippen molar-refractivity contribution in [3.8, 4) is 90.8 Å². The molecule has 0 N–H and O–H groups in total. The van der Waals surface area contributed by atoms with E-state index in [9.17, 15) is 19.2 Å². The molecule has 32 heteroatoms. The van der Waals surface area contributed by atoms with Gasteiger partial charge >= 0.3 is 22.8 Å². The topological polar surface area (TPSA) is 320 Å². The largest absolute Gasteiger partial charge is 0.378 e. The van der Waals surface area contributed by atoms with Gasteiger partial charge in [0, 0.05) is 114 Å². The summed E-state index contributed by atoms with van der Waals surface area (Å²) in [6.45, 7) is 28.0. The molecule has 20 aromatic rings. The average molecular weight is 1880 g/mol. The number of fused-ring (bicyclic) bond motifs is 4. The summed E-state index contributed by atoms with van der Waals surface area (Å²) >= 11 is 0. The molecule has 0 bridgehead atoms. The minimum Gasteiger partial charge on any atom is -0.378 e. The molecule has 1 aliphatic rings. The van der Waals surface area contributed by atoms with Crippen LogP contribution in [0.5, 0.6) is 0 Å². The fraction of sp³-hybridized carbons (Fsp3) is 0.284. The van der Waals surface area contributed by atoms with Gasteiger partial charge in [-0.05, 0) is 112 Å². The van der Waals surface area contributed by atoms with Crippen molar-refractivity contribution in [2.24, 2.45) is 49.3 Å². The van der Waals surface area contributed by atoms with E-state index in [4.69, 9.17) is 29.7 Å². The minimum absolute atomic E-state index is 0.106. The maximum atomic E-state index is 13.2. The number of nitrogens with zero attached hydrogens (tertiary/aromatic N) is 27. The molecule has 0 radical (unpaired) electrons. The van der Waals surface area contributed by atoms with Crippen molar-refractivity contribution in [2.75, 3.05) is 31.2 Å². The number of rotatable bonds is 22. The Morgan fingerprint density at radius 3 is 0.957 bits per heavy atom. The van der Waals surface area contributed by atoms with Crippen LogP contribution in [0.25, 0.3) is 135 Å². The van der Waals surface area contributed by atoms with Crippen molar-refractivity contribution >= 4 is 50.6 Å². The molecule has 1 fully saturated rings. The van der Waals surface area contributed by atoms with E-state index in [0.29, 0.717) is 126 Å². The Balaban J connectivity index is 0.000000124. The van der Waals surface area contributed by atoms with Crippen LogP contribution in [-0.4, -0.2) is 152 Å². The summed E-state index contributed by atoms with van der Waals surface area (Å²) in [7, 11) is 12.8. The molecule has 716 valence electrons. The number of anilines is 1. The lowest BCUT2D eigenvalue weighted by Gasteiger charge is -2.26. The summed E-state index contributed by atoms with van der Waals surface area (Å²) in [5.41, 5.74) is 23.9. The summed E-state index contributed by atoms with van der Waals surface area (Å²) in [6, 6.07) is 69.6. The van der Waals surface area contributed by atoms with Crippen molar-refractivity contribution in [1.82, 2.24) is 125 Å². The molecule has 0 amide bonds. The van der Waals surface area contributed by atoms with Gasteiger partial charge in [0.2, 0.25) is 5.95 Å². The first-order chi connectivity index (χ1) is 68.0. The Hall–Kier alpha value is -16.4. The molecule has 0 atom stereocenters. The molecule has 32 nitrogen and oxygen atoms in total. The van der Waals surface area contributed by atoms with Crippen LogP contribution in [0.1, 0.15) is 149 Å². The number of hydrogen-bond donors (Lipinski definition) is 0. The minimum atomic E-state index is -0.126. The van der Waals surface area contributed by atoms with E-state index in [-0.39, 0.29) is 28.8 Å². The molecule has 0 saturated carbocycles. The fourth-order valence-corrected chi connectivity index (χ4v) is 18.3. The Morgan fingerprint density at radius 1 is 0.319 bits per heavy atom. The number of benzene rings is 8. The van der Waals surface area contributed by atoms with Crippen LogP contribution in [0.15, 0.2) is 263 Å². The van der Waals surface area contributed by atoms with Gasteiger partial charge in [0.25, 0.3) is 0 Å². The first kappa shape index (κ1) is 95.0. The van der Waals surface area contributed by atoms with Gasteiger partial charge in [-0.15, -0.1) is 5.10 Å². The molecule has 1 saturated heterocycles. The van der Waals surface area contributed by atoms with E-state index in [2.05, 4.69) is 180 Å². The predicted octanol–water partition coefficient (Wildman–Crippen LogP) is 17.5. The average Bonchev–Trinajstić information content (AvgIpc) is 1.64. The molecule has 13 heterocycles. The van der Waals surface area contributed by atoms with Crippen LogP contribution in [0.4, 0.5) is 5.95 Å². The SMILES string of the molecule is CC(C)c1ccccc1-c1ncc2c(n1)n(Cc1ccc(-c3ccnn3C(C)C)cc1)c(=O)n2C.CC(C)c1ccccc1-c1ncc2c(n1)n(Cc1ccc(-c3ccnn3C)cc1)c(=O)n2C.CC(C)c1ccccc1-c1ncc2c(n1)n(Cc1ccc(-c3nc(N4CCOCC4)n(C)n3)cc1)c(=O)n2C.Cc1nc(-c2ccc(Cn3c(=O)n(C)c4cnc(-c5ccccc5C(C)C)nc43)cc2)n(C)n1. The molecule has 1 aliphatic heterocycles. The number of ether oxygens (including phenoxy) is 1. The van der Waals surface area contributed by atoms with Crippen LogP contribution in [0.2, 0.25) is 0 Å². The summed E-state index contributed by atoms with van der Waals surface area (Å²) < 4.78 is 26.2. The third kappa shape index (κ3) is 19.3. The standard InChI is InChI=1S/C29H32N8O2.C28H30N6O.C26H27N7O.C26H26N6O/c1-19(2)22-7-5-6-8-23(22)26-30-17-24-27(31-26)37(29(38)34(24)3)18-20-9-11-21(12-10-20)25-32-28(35(4)33-25)36-13-15-39-16-14-36;1-18(2)22-8-6-7-9-23(22)26-29-16-25-27(31-26)33(28(35)32(25)5)17-20-10-12-21(13-11-20)24-14-15-30-34(24)19(3)4;1-16(2)20-8-6-7-9-21(20)23-27-14-22-25(29-23)33(26(34)31(22)4)15-18-10-12-19(13-11-18)24-28-17(3)30-32(24)5;1-17(2)20-7-5-6-8-21(20)24-27-15-23-25(29-24)32(26(33)30(23)3)16-18-9-11-19(12-10-18)22-13-14-28-31(22)4/h5-12,17,19H,13-16,18H2,1-4H3;6-16,18-19H,17H2,1-5H3;6-14,16H,15H2,1-5H3;5-15,17H,16H2,1-4H3. The Morgan fingerprint density at radius 2 is 0.638 bits per heavy atom. The maximum absolute atomic E-state index is 13.2. The molecular formula is C109H115N27O5. The number of aromatic nitrogens is 26. The van der Waals surface area contributed by atoms with Crippen LogP contribution < -0.4 is 27.7 Å². The number of aryl methyl sites for hydroxylation is 8. The highest BCUT2D eigenvalue weighted by atomic mass is 16.5. The lowest BCUT2D eigenvalue weighted by molar-refractivity contribution is 0.121. The third-order valence-electron chi connectivity index (χ3n) is 26.0. The second-order valence-electron chi connectivity index (χ2n) is 37.2. The lowest BCUT2D eigenvalue weighted by Crippen LogP contribution is -2.37. The third-order valence-corrected chi connectivity index (χ3v) is 26.0. The predicted molar refractivity (Wildman–Crippen MR) is 553 cm³/mol. The van der Waals surface area contributed by atoms with Gasteiger partial charge in [0.15, 0.2) is 57.5 Å². The zero-order valence-electron chi connectivity index (χ0n) is 82.8. The monoisotopic (exact) mass is 1880 g/mol. The highest BCUT2D eigenvalue weighted by Gasteiger charge is 2.26. The molecule has 0 unspecified atom stereocenters. The highest BCUT2D eigenvalue weighted by Crippen LogP contribution is 2.35. The van der Waals surface area contributed by atoms with Gasteiger partial charge in [-0.1, -0.05) is 250 Å². The van der Waals surface area contributed by atoms with Crippen LogP contribution in [-0.2, 0) is 80.2 Å². The van der Waals surface area contributed by atoms with Crippen molar-refractivity contribution < 1.29 is 4.74 Å². The summed E-state index contributed by atoms with van der Waals surface area (Å²) in [5, 5.41) is 17.6. The van der Waals surface area contributed by atoms with E-state index in [1.807, 2.05) is 194 Å². The molecule has 0 aliphatic carbocycles. The molecule has 12 aromatic heterocycles. The normalized spacial score (nSPS) is 12.3. The number of hydrogen-bond acceptors (Lipinski definition) is 20.